The summed E-state index contributed by atoms with van der Waals surface area (Å²) < 4.78 is 13.9. The van der Waals surface area contributed by atoms with Gasteiger partial charge in [-0.05, 0) is 31.3 Å². The smallest absolute Gasteiger partial charge is 0.229 e. The van der Waals surface area contributed by atoms with Gasteiger partial charge in [0.25, 0.3) is 0 Å². The number of benzene rings is 1. The summed E-state index contributed by atoms with van der Waals surface area (Å²) in [7, 11) is 2.15. The summed E-state index contributed by atoms with van der Waals surface area (Å²) in [6, 6.07) is 8.41. The minimum atomic E-state index is -0.437. The summed E-state index contributed by atoms with van der Waals surface area (Å²) in [6.45, 7) is 5.87. The standard InChI is InChI=1S/C18H24FN7/c1-25-6-8-26(9-7-25)15-4-2-13(3-5-15)23-18-21-12-16(19)17(24-18)22-14-10-20-11-14/h2-5,12,14,20H,6-11H2,1H3,(H2,21,22,23,24). The summed E-state index contributed by atoms with van der Waals surface area (Å²) in [6.07, 6.45) is 1.20. The van der Waals surface area contributed by atoms with Crippen LogP contribution in [0.2, 0.25) is 0 Å². The summed E-state index contributed by atoms with van der Waals surface area (Å²) >= 11 is 0. The molecule has 2 saturated heterocycles. The lowest BCUT2D eigenvalue weighted by atomic mass is 10.2. The zero-order valence-electron chi connectivity index (χ0n) is 14.9. The molecule has 138 valence electrons. The Morgan fingerprint density at radius 1 is 1.12 bits per heavy atom. The Labute approximate surface area is 152 Å². The van der Waals surface area contributed by atoms with E-state index in [4.69, 9.17) is 0 Å². The lowest BCUT2D eigenvalue weighted by molar-refractivity contribution is 0.313. The number of anilines is 4. The van der Waals surface area contributed by atoms with Crippen LogP contribution in [0.25, 0.3) is 0 Å². The van der Waals surface area contributed by atoms with Gasteiger partial charge >= 0.3 is 0 Å². The fourth-order valence-corrected chi connectivity index (χ4v) is 3.06. The van der Waals surface area contributed by atoms with Crippen LogP contribution in [0.15, 0.2) is 30.5 Å². The summed E-state index contributed by atoms with van der Waals surface area (Å²) in [4.78, 5) is 13.0. The van der Waals surface area contributed by atoms with Crippen molar-refractivity contribution in [3.8, 4) is 0 Å². The number of nitrogens with zero attached hydrogens (tertiary/aromatic N) is 4. The molecule has 0 unspecified atom stereocenters. The molecule has 2 aliphatic rings. The number of hydrogen-bond acceptors (Lipinski definition) is 7. The number of piperazine rings is 1. The zero-order valence-corrected chi connectivity index (χ0v) is 14.9. The van der Waals surface area contributed by atoms with Crippen molar-refractivity contribution in [2.45, 2.75) is 6.04 Å². The molecule has 1 aromatic carbocycles. The molecule has 26 heavy (non-hydrogen) atoms. The number of aromatic nitrogens is 2. The second-order valence-corrected chi connectivity index (χ2v) is 6.85. The molecule has 4 rings (SSSR count). The van der Waals surface area contributed by atoms with Crippen molar-refractivity contribution in [1.29, 1.82) is 0 Å². The molecule has 3 N–H and O–H groups in total. The normalized spacial score (nSPS) is 18.5. The SMILES string of the molecule is CN1CCN(c2ccc(Nc3ncc(F)c(NC4CNC4)n3)cc2)CC1. The fraction of sp³-hybridized carbons (Fsp3) is 0.444. The van der Waals surface area contributed by atoms with Crippen molar-refractivity contribution >= 4 is 23.1 Å². The second-order valence-electron chi connectivity index (χ2n) is 6.85. The Kier molecular flexibility index (Phi) is 4.85. The van der Waals surface area contributed by atoms with E-state index in [9.17, 15) is 4.39 Å². The van der Waals surface area contributed by atoms with Gasteiger partial charge in [0.15, 0.2) is 11.6 Å². The van der Waals surface area contributed by atoms with Gasteiger partial charge in [0, 0.05) is 50.6 Å². The van der Waals surface area contributed by atoms with Crippen LogP contribution in [0, 0.1) is 5.82 Å². The van der Waals surface area contributed by atoms with Crippen LogP contribution < -0.4 is 20.9 Å². The van der Waals surface area contributed by atoms with Crippen molar-refractivity contribution in [3.05, 3.63) is 36.3 Å². The number of halogens is 1. The molecule has 7 nitrogen and oxygen atoms in total. The van der Waals surface area contributed by atoms with E-state index in [0.29, 0.717) is 5.95 Å². The molecular weight excluding hydrogens is 333 g/mol. The highest BCUT2D eigenvalue weighted by Crippen LogP contribution is 2.22. The number of nitrogens with one attached hydrogen (secondary N) is 3. The molecule has 0 bridgehead atoms. The number of rotatable bonds is 5. The van der Waals surface area contributed by atoms with Crippen molar-refractivity contribution < 1.29 is 4.39 Å². The molecule has 0 spiro atoms. The molecule has 2 fully saturated rings. The van der Waals surface area contributed by atoms with Gasteiger partial charge < -0.3 is 25.8 Å². The average Bonchev–Trinajstić information content (AvgIpc) is 2.62. The van der Waals surface area contributed by atoms with Crippen molar-refractivity contribution in [2.75, 3.05) is 61.8 Å². The highest BCUT2D eigenvalue weighted by molar-refractivity contribution is 5.60. The van der Waals surface area contributed by atoms with Gasteiger partial charge in [-0.2, -0.15) is 4.98 Å². The van der Waals surface area contributed by atoms with Crippen LogP contribution in [-0.4, -0.2) is 67.2 Å². The van der Waals surface area contributed by atoms with Gasteiger partial charge in [0.05, 0.1) is 12.2 Å². The third kappa shape index (κ3) is 3.86. The van der Waals surface area contributed by atoms with Crippen LogP contribution in [-0.2, 0) is 0 Å². The largest absolute Gasteiger partial charge is 0.369 e. The predicted octanol–water partition coefficient (Wildman–Crippen LogP) is 1.49. The number of likely N-dealkylation sites (N-methyl/N-ethyl adjacent to an activating group) is 1. The van der Waals surface area contributed by atoms with Crippen LogP contribution in [0.3, 0.4) is 0 Å². The lowest BCUT2D eigenvalue weighted by Gasteiger charge is -2.34. The Balaban J connectivity index is 1.41. The van der Waals surface area contributed by atoms with E-state index in [-0.39, 0.29) is 11.9 Å². The van der Waals surface area contributed by atoms with E-state index in [1.807, 2.05) is 12.1 Å². The van der Waals surface area contributed by atoms with Crippen molar-refractivity contribution in [1.82, 2.24) is 20.2 Å². The summed E-state index contributed by atoms with van der Waals surface area (Å²) in [5.74, 6) is 0.185. The van der Waals surface area contributed by atoms with Crippen LogP contribution in [0.5, 0.6) is 0 Å². The van der Waals surface area contributed by atoms with E-state index in [2.05, 4.69) is 54.9 Å². The molecule has 2 aromatic rings. The van der Waals surface area contributed by atoms with Gasteiger partial charge in [-0.3, -0.25) is 0 Å². The maximum atomic E-state index is 13.9. The molecule has 3 heterocycles. The van der Waals surface area contributed by atoms with Crippen LogP contribution >= 0.6 is 0 Å². The van der Waals surface area contributed by atoms with Crippen molar-refractivity contribution in [2.24, 2.45) is 0 Å². The average molecular weight is 357 g/mol. The Morgan fingerprint density at radius 2 is 1.85 bits per heavy atom. The third-order valence-corrected chi connectivity index (χ3v) is 4.86. The lowest BCUT2D eigenvalue weighted by Crippen LogP contribution is -2.51. The first-order valence-corrected chi connectivity index (χ1v) is 8.98. The van der Waals surface area contributed by atoms with Gasteiger partial charge in [-0.15, -0.1) is 0 Å². The van der Waals surface area contributed by atoms with Gasteiger partial charge in [0.1, 0.15) is 0 Å². The quantitative estimate of drug-likeness (QED) is 0.749. The predicted molar refractivity (Wildman–Crippen MR) is 102 cm³/mol. The first-order valence-electron chi connectivity index (χ1n) is 8.98. The minimum Gasteiger partial charge on any atom is -0.369 e. The van der Waals surface area contributed by atoms with E-state index >= 15 is 0 Å². The second kappa shape index (κ2) is 7.43. The monoisotopic (exact) mass is 357 g/mol. The third-order valence-electron chi connectivity index (χ3n) is 4.86. The van der Waals surface area contributed by atoms with E-state index in [0.717, 1.165) is 45.0 Å². The summed E-state index contributed by atoms with van der Waals surface area (Å²) in [5, 5.41) is 9.38. The first kappa shape index (κ1) is 17.0. The topological polar surface area (TPSA) is 68.3 Å². The minimum absolute atomic E-state index is 0.218. The molecule has 2 aliphatic heterocycles. The number of hydrogen-bond donors (Lipinski definition) is 3. The summed E-state index contributed by atoms with van der Waals surface area (Å²) in [5.41, 5.74) is 2.09. The van der Waals surface area contributed by atoms with E-state index < -0.39 is 5.82 Å². The molecule has 0 amide bonds. The molecule has 8 heteroatoms. The van der Waals surface area contributed by atoms with Crippen LogP contribution in [0.4, 0.5) is 27.5 Å². The Bertz CT molecular complexity index is 740. The maximum absolute atomic E-state index is 13.9. The fourth-order valence-electron chi connectivity index (χ4n) is 3.06. The molecule has 0 radical (unpaired) electrons. The molecule has 0 aliphatic carbocycles. The van der Waals surface area contributed by atoms with Gasteiger partial charge in [-0.1, -0.05) is 0 Å². The molecule has 0 atom stereocenters. The highest BCUT2D eigenvalue weighted by atomic mass is 19.1. The zero-order chi connectivity index (χ0) is 17.9. The Hall–Kier alpha value is -2.45. The molecule has 1 aromatic heterocycles. The van der Waals surface area contributed by atoms with E-state index in [1.54, 1.807) is 0 Å². The highest BCUT2D eigenvalue weighted by Gasteiger charge is 2.19. The first-order chi connectivity index (χ1) is 12.7. The Morgan fingerprint density at radius 3 is 2.50 bits per heavy atom. The van der Waals surface area contributed by atoms with Gasteiger partial charge in [-0.25, -0.2) is 9.37 Å². The maximum Gasteiger partial charge on any atom is 0.229 e. The molecule has 0 saturated carbocycles. The van der Waals surface area contributed by atoms with Crippen molar-refractivity contribution in [3.63, 3.8) is 0 Å². The van der Waals surface area contributed by atoms with E-state index in [1.165, 1.54) is 11.9 Å². The van der Waals surface area contributed by atoms with Crippen LogP contribution in [0.1, 0.15) is 0 Å². The van der Waals surface area contributed by atoms with Gasteiger partial charge in [0.2, 0.25) is 5.95 Å². The molecular formula is C18H24FN7.